The molecule has 5 heteroatoms. The first-order valence-electron chi connectivity index (χ1n) is 4.70. The van der Waals surface area contributed by atoms with Crippen LogP contribution in [0, 0.1) is 0 Å². The highest BCUT2D eigenvalue weighted by Crippen LogP contribution is 2.12. The van der Waals surface area contributed by atoms with E-state index in [2.05, 4.69) is 4.98 Å². The van der Waals surface area contributed by atoms with Gasteiger partial charge in [0.05, 0.1) is 12.1 Å². The molecular formula is C10H16N2O2S. The number of carbonyl (C=O) groups is 1. The second-order valence-electron chi connectivity index (χ2n) is 4.30. The predicted molar refractivity (Wildman–Crippen MR) is 59.8 cm³/mol. The Labute approximate surface area is 93.9 Å². The molecule has 0 aliphatic carbocycles. The fourth-order valence-corrected chi connectivity index (χ4v) is 1.61. The van der Waals surface area contributed by atoms with Crippen molar-refractivity contribution >= 4 is 17.4 Å². The van der Waals surface area contributed by atoms with E-state index in [0.717, 1.165) is 4.88 Å². The van der Waals surface area contributed by atoms with Crippen molar-refractivity contribution in [3.8, 4) is 0 Å². The Morgan fingerprint density at radius 1 is 1.60 bits per heavy atom. The van der Waals surface area contributed by atoms with Gasteiger partial charge in [-0.25, -0.2) is 4.79 Å². The lowest BCUT2D eigenvalue weighted by atomic mass is 10.2. The summed E-state index contributed by atoms with van der Waals surface area (Å²) in [6, 6.07) is 0. The molecule has 0 unspecified atom stereocenters. The molecule has 1 aromatic heterocycles. The van der Waals surface area contributed by atoms with Gasteiger partial charge < -0.3 is 9.64 Å². The van der Waals surface area contributed by atoms with Gasteiger partial charge in [0.25, 0.3) is 0 Å². The van der Waals surface area contributed by atoms with Crippen LogP contribution < -0.4 is 0 Å². The molecule has 0 aliphatic heterocycles. The van der Waals surface area contributed by atoms with Gasteiger partial charge in [-0.15, -0.1) is 11.3 Å². The van der Waals surface area contributed by atoms with Gasteiger partial charge in [-0.1, -0.05) is 0 Å². The Morgan fingerprint density at radius 2 is 2.27 bits per heavy atom. The highest BCUT2D eigenvalue weighted by atomic mass is 32.1. The molecule has 84 valence electrons. The average Bonchev–Trinajstić information content (AvgIpc) is 2.53. The van der Waals surface area contributed by atoms with Gasteiger partial charge in [-0.2, -0.15) is 0 Å². The Kier molecular flexibility index (Phi) is 3.68. The quantitative estimate of drug-likeness (QED) is 0.781. The minimum Gasteiger partial charge on any atom is -0.444 e. The maximum absolute atomic E-state index is 11.6. The second-order valence-corrected chi connectivity index (χ2v) is 5.28. The minimum atomic E-state index is -0.445. The van der Waals surface area contributed by atoms with Crippen molar-refractivity contribution in [1.29, 1.82) is 0 Å². The number of carbonyl (C=O) groups excluding carboxylic acids is 1. The van der Waals surface area contributed by atoms with Gasteiger partial charge in [0.2, 0.25) is 0 Å². The third-order valence-corrected chi connectivity index (χ3v) is 2.35. The van der Waals surface area contributed by atoms with Gasteiger partial charge in [-0.05, 0) is 20.8 Å². The molecule has 0 aromatic carbocycles. The number of thiazole rings is 1. The minimum absolute atomic E-state index is 0.309. The fourth-order valence-electron chi connectivity index (χ4n) is 0.958. The monoisotopic (exact) mass is 228 g/mol. The smallest absolute Gasteiger partial charge is 0.410 e. The summed E-state index contributed by atoms with van der Waals surface area (Å²) in [6.07, 6.45) is 1.45. The van der Waals surface area contributed by atoms with Crippen LogP contribution >= 0.6 is 11.3 Å². The molecule has 0 N–H and O–H groups in total. The summed E-state index contributed by atoms with van der Waals surface area (Å²) >= 11 is 1.53. The van der Waals surface area contributed by atoms with Crippen LogP contribution in [0.4, 0.5) is 4.79 Å². The zero-order valence-corrected chi connectivity index (χ0v) is 10.3. The van der Waals surface area contributed by atoms with E-state index in [1.165, 1.54) is 11.3 Å². The molecule has 1 heterocycles. The van der Waals surface area contributed by atoms with E-state index in [-0.39, 0.29) is 6.09 Å². The van der Waals surface area contributed by atoms with E-state index in [9.17, 15) is 4.79 Å². The third kappa shape index (κ3) is 4.29. The van der Waals surface area contributed by atoms with E-state index in [1.807, 2.05) is 20.8 Å². The number of ether oxygens (including phenoxy) is 1. The summed E-state index contributed by atoms with van der Waals surface area (Å²) < 4.78 is 5.22. The van der Waals surface area contributed by atoms with E-state index < -0.39 is 5.60 Å². The second kappa shape index (κ2) is 4.61. The van der Waals surface area contributed by atoms with Crippen LogP contribution in [0.1, 0.15) is 25.6 Å². The number of aromatic nitrogens is 1. The van der Waals surface area contributed by atoms with Crippen LogP contribution in [-0.4, -0.2) is 28.6 Å². The molecule has 1 aromatic rings. The van der Waals surface area contributed by atoms with Gasteiger partial charge in [0.1, 0.15) is 5.60 Å². The Bertz CT molecular complexity index is 317. The molecule has 0 spiro atoms. The van der Waals surface area contributed by atoms with Crippen molar-refractivity contribution in [2.45, 2.75) is 32.9 Å². The van der Waals surface area contributed by atoms with E-state index in [0.29, 0.717) is 6.54 Å². The van der Waals surface area contributed by atoms with Gasteiger partial charge in [-0.3, -0.25) is 4.98 Å². The molecule has 15 heavy (non-hydrogen) atoms. The first kappa shape index (κ1) is 12.0. The molecule has 0 bridgehead atoms. The molecule has 0 radical (unpaired) electrons. The van der Waals surface area contributed by atoms with Crippen molar-refractivity contribution in [2.75, 3.05) is 7.05 Å². The molecule has 0 fully saturated rings. The largest absolute Gasteiger partial charge is 0.444 e. The topological polar surface area (TPSA) is 42.4 Å². The van der Waals surface area contributed by atoms with Gasteiger partial charge in [0.15, 0.2) is 0 Å². The lowest BCUT2D eigenvalue weighted by molar-refractivity contribution is 0.0286. The normalized spacial score (nSPS) is 11.2. The van der Waals surface area contributed by atoms with E-state index in [4.69, 9.17) is 4.74 Å². The van der Waals surface area contributed by atoms with Crippen molar-refractivity contribution in [2.24, 2.45) is 0 Å². The van der Waals surface area contributed by atoms with E-state index in [1.54, 1.807) is 23.7 Å². The van der Waals surface area contributed by atoms with Crippen LogP contribution in [-0.2, 0) is 11.3 Å². The Hall–Kier alpha value is -1.10. The summed E-state index contributed by atoms with van der Waals surface area (Å²) in [5.74, 6) is 0. The number of nitrogens with zero attached hydrogens (tertiary/aromatic N) is 2. The van der Waals surface area contributed by atoms with Crippen molar-refractivity contribution in [1.82, 2.24) is 9.88 Å². The van der Waals surface area contributed by atoms with Crippen molar-refractivity contribution in [3.63, 3.8) is 0 Å². The summed E-state index contributed by atoms with van der Waals surface area (Å²) in [4.78, 5) is 18.1. The van der Waals surface area contributed by atoms with Crippen LogP contribution in [0.15, 0.2) is 11.7 Å². The van der Waals surface area contributed by atoms with Crippen LogP contribution in [0.2, 0.25) is 0 Å². The number of rotatable bonds is 2. The zero-order valence-electron chi connectivity index (χ0n) is 9.48. The first-order chi connectivity index (χ1) is 6.88. The van der Waals surface area contributed by atoms with Crippen molar-refractivity contribution in [3.05, 3.63) is 16.6 Å². The SMILES string of the molecule is CN(Cc1cncs1)C(=O)OC(C)(C)C. The molecule has 0 aliphatic rings. The summed E-state index contributed by atoms with van der Waals surface area (Å²) in [5.41, 5.74) is 1.30. The number of hydrogen-bond donors (Lipinski definition) is 0. The lowest BCUT2D eigenvalue weighted by Gasteiger charge is -2.24. The van der Waals surface area contributed by atoms with Crippen LogP contribution in [0.5, 0.6) is 0 Å². The standard InChI is InChI=1S/C10H16N2O2S/c1-10(2,3)14-9(13)12(4)6-8-5-11-7-15-8/h5,7H,6H2,1-4H3. The molecule has 1 amide bonds. The predicted octanol–water partition coefficient (Wildman–Crippen LogP) is 2.51. The Balaban J connectivity index is 2.47. The molecular weight excluding hydrogens is 212 g/mol. The van der Waals surface area contributed by atoms with Crippen LogP contribution in [0.3, 0.4) is 0 Å². The Morgan fingerprint density at radius 3 is 2.73 bits per heavy atom. The molecule has 0 saturated heterocycles. The van der Waals surface area contributed by atoms with E-state index >= 15 is 0 Å². The fraction of sp³-hybridized carbons (Fsp3) is 0.600. The maximum Gasteiger partial charge on any atom is 0.410 e. The summed E-state index contributed by atoms with van der Waals surface area (Å²) in [6.45, 7) is 6.10. The average molecular weight is 228 g/mol. The highest BCUT2D eigenvalue weighted by molar-refractivity contribution is 7.09. The number of hydrogen-bond acceptors (Lipinski definition) is 4. The molecule has 0 atom stereocenters. The molecule has 4 nitrogen and oxygen atoms in total. The number of amides is 1. The first-order valence-corrected chi connectivity index (χ1v) is 5.58. The zero-order chi connectivity index (χ0) is 11.5. The van der Waals surface area contributed by atoms with Crippen molar-refractivity contribution < 1.29 is 9.53 Å². The summed E-state index contributed by atoms with van der Waals surface area (Å²) in [5, 5.41) is 0. The lowest BCUT2D eigenvalue weighted by Crippen LogP contribution is -2.33. The third-order valence-electron chi connectivity index (χ3n) is 1.58. The van der Waals surface area contributed by atoms with Gasteiger partial charge >= 0.3 is 6.09 Å². The highest BCUT2D eigenvalue weighted by Gasteiger charge is 2.19. The summed E-state index contributed by atoms with van der Waals surface area (Å²) in [7, 11) is 1.72. The van der Waals surface area contributed by atoms with Gasteiger partial charge in [0, 0.05) is 18.1 Å². The molecule has 1 rings (SSSR count). The maximum atomic E-state index is 11.6. The van der Waals surface area contributed by atoms with Crippen LogP contribution in [0.25, 0.3) is 0 Å². The molecule has 0 saturated carbocycles.